The summed E-state index contributed by atoms with van der Waals surface area (Å²) in [5.41, 5.74) is 3.26. The van der Waals surface area contributed by atoms with E-state index in [-0.39, 0.29) is 10.6 Å². The van der Waals surface area contributed by atoms with E-state index in [4.69, 9.17) is 11.6 Å². The fourth-order valence-corrected chi connectivity index (χ4v) is 3.48. The average Bonchev–Trinajstić information content (AvgIpc) is 2.76. The van der Waals surface area contributed by atoms with Crippen molar-refractivity contribution < 1.29 is 19.5 Å². The standard InChI is InChI=1S/C17H21ClN2O4/c1-16(2)11(8-9-17(16,3)15(23)24)14(22)20-19-13(21)10-6-4-5-7-12(10)18/h4-7,11H,8-9H2,1-3H3,(H,19,21)(H,20,22)(H,23,24)/t11-,17+/m0/s1. The van der Waals surface area contributed by atoms with Crippen molar-refractivity contribution in [3.63, 3.8) is 0 Å². The van der Waals surface area contributed by atoms with Crippen molar-refractivity contribution in [2.45, 2.75) is 33.6 Å². The van der Waals surface area contributed by atoms with Crippen molar-refractivity contribution in [3.8, 4) is 0 Å². The van der Waals surface area contributed by atoms with Crippen molar-refractivity contribution in [1.82, 2.24) is 10.9 Å². The molecule has 0 heterocycles. The van der Waals surface area contributed by atoms with Crippen molar-refractivity contribution in [2.75, 3.05) is 0 Å². The summed E-state index contributed by atoms with van der Waals surface area (Å²) < 4.78 is 0. The zero-order chi connectivity index (χ0) is 18.1. The van der Waals surface area contributed by atoms with Crippen molar-refractivity contribution >= 4 is 29.4 Å². The first-order valence-corrected chi connectivity index (χ1v) is 8.07. The summed E-state index contributed by atoms with van der Waals surface area (Å²) in [6, 6.07) is 6.49. The van der Waals surface area contributed by atoms with Crippen LogP contribution in [0.2, 0.25) is 5.02 Å². The van der Waals surface area contributed by atoms with Crippen LogP contribution in [-0.2, 0) is 9.59 Å². The average molecular weight is 353 g/mol. The molecule has 7 heteroatoms. The second-order valence-electron chi connectivity index (χ2n) is 6.87. The van der Waals surface area contributed by atoms with Crippen LogP contribution in [0, 0.1) is 16.7 Å². The smallest absolute Gasteiger partial charge is 0.309 e. The Bertz CT molecular complexity index is 689. The van der Waals surface area contributed by atoms with Gasteiger partial charge in [-0.15, -0.1) is 0 Å². The van der Waals surface area contributed by atoms with Gasteiger partial charge in [0.15, 0.2) is 0 Å². The number of amides is 2. The lowest BCUT2D eigenvalue weighted by Crippen LogP contribution is -2.49. The minimum absolute atomic E-state index is 0.250. The number of rotatable bonds is 3. The van der Waals surface area contributed by atoms with E-state index in [9.17, 15) is 19.5 Å². The number of hydrazine groups is 1. The van der Waals surface area contributed by atoms with Gasteiger partial charge in [0.2, 0.25) is 5.91 Å². The lowest BCUT2D eigenvalue weighted by Gasteiger charge is -2.37. The first-order valence-electron chi connectivity index (χ1n) is 7.69. The second-order valence-corrected chi connectivity index (χ2v) is 7.28. The summed E-state index contributed by atoms with van der Waals surface area (Å²) in [6.07, 6.45) is 0.857. The summed E-state index contributed by atoms with van der Waals surface area (Å²) in [5, 5.41) is 9.77. The lowest BCUT2D eigenvalue weighted by molar-refractivity contribution is -0.155. The molecule has 0 aromatic heterocycles. The number of halogens is 1. The van der Waals surface area contributed by atoms with Crippen LogP contribution >= 0.6 is 11.6 Å². The first-order chi connectivity index (χ1) is 11.1. The van der Waals surface area contributed by atoms with Gasteiger partial charge in [0, 0.05) is 5.92 Å². The quantitative estimate of drug-likeness (QED) is 0.729. The van der Waals surface area contributed by atoms with Gasteiger partial charge in [-0.1, -0.05) is 37.6 Å². The summed E-state index contributed by atoms with van der Waals surface area (Å²) in [5.74, 6) is -2.34. The number of hydrogen-bond donors (Lipinski definition) is 3. The highest BCUT2D eigenvalue weighted by Crippen LogP contribution is 2.56. The van der Waals surface area contributed by atoms with Gasteiger partial charge < -0.3 is 5.11 Å². The molecule has 0 radical (unpaired) electrons. The molecular weight excluding hydrogens is 332 g/mol. The molecule has 1 aromatic rings. The van der Waals surface area contributed by atoms with Crippen LogP contribution in [0.15, 0.2) is 24.3 Å². The molecule has 24 heavy (non-hydrogen) atoms. The van der Waals surface area contributed by atoms with Gasteiger partial charge in [0.05, 0.1) is 16.0 Å². The Balaban J connectivity index is 2.05. The second kappa shape index (κ2) is 6.43. The molecule has 6 nitrogen and oxygen atoms in total. The molecule has 0 unspecified atom stereocenters. The first kappa shape index (κ1) is 18.3. The number of nitrogens with one attached hydrogen (secondary N) is 2. The van der Waals surface area contributed by atoms with E-state index in [0.717, 1.165) is 0 Å². The van der Waals surface area contributed by atoms with Gasteiger partial charge in [0.1, 0.15) is 0 Å². The Morgan fingerprint density at radius 1 is 1.17 bits per heavy atom. The fourth-order valence-electron chi connectivity index (χ4n) is 3.26. The minimum atomic E-state index is -0.984. The van der Waals surface area contributed by atoms with Gasteiger partial charge in [0.25, 0.3) is 5.91 Å². The van der Waals surface area contributed by atoms with Crippen LogP contribution in [0.5, 0.6) is 0 Å². The van der Waals surface area contributed by atoms with E-state index < -0.39 is 34.5 Å². The third kappa shape index (κ3) is 2.98. The molecule has 1 saturated carbocycles. The van der Waals surface area contributed by atoms with E-state index >= 15 is 0 Å². The van der Waals surface area contributed by atoms with Crippen molar-refractivity contribution in [1.29, 1.82) is 0 Å². The normalized spacial score (nSPS) is 25.1. The number of carboxylic acids is 1. The zero-order valence-corrected chi connectivity index (χ0v) is 14.6. The molecule has 130 valence electrons. The summed E-state index contributed by atoms with van der Waals surface area (Å²) in [7, 11) is 0. The van der Waals surface area contributed by atoms with Gasteiger partial charge in [-0.25, -0.2) is 0 Å². The SMILES string of the molecule is CC1(C)[C@H](C(=O)NNC(=O)c2ccccc2Cl)CC[C@]1(C)C(=O)O. The van der Waals surface area contributed by atoms with E-state index in [1.807, 2.05) is 0 Å². The molecule has 1 fully saturated rings. The van der Waals surface area contributed by atoms with Crippen LogP contribution in [-0.4, -0.2) is 22.9 Å². The topological polar surface area (TPSA) is 95.5 Å². The molecule has 2 atom stereocenters. The van der Waals surface area contributed by atoms with Gasteiger partial charge in [-0.3, -0.25) is 25.2 Å². The molecule has 0 spiro atoms. The van der Waals surface area contributed by atoms with E-state index in [1.54, 1.807) is 45.0 Å². The molecule has 1 aliphatic carbocycles. The summed E-state index contributed by atoms with van der Waals surface area (Å²) in [6.45, 7) is 5.20. The summed E-state index contributed by atoms with van der Waals surface area (Å²) in [4.78, 5) is 36.1. The predicted molar refractivity (Wildman–Crippen MR) is 89.3 cm³/mol. The molecule has 0 saturated heterocycles. The number of carbonyl (C=O) groups is 3. The largest absolute Gasteiger partial charge is 0.481 e. The molecule has 2 rings (SSSR count). The molecule has 3 N–H and O–H groups in total. The fraction of sp³-hybridized carbons (Fsp3) is 0.471. The van der Waals surface area contributed by atoms with E-state index in [2.05, 4.69) is 10.9 Å². The number of carboxylic acid groups (broad SMARTS) is 1. The van der Waals surface area contributed by atoms with Crippen LogP contribution in [0.25, 0.3) is 0 Å². The van der Waals surface area contributed by atoms with Gasteiger partial charge >= 0.3 is 5.97 Å². The van der Waals surface area contributed by atoms with Crippen LogP contribution in [0.4, 0.5) is 0 Å². The Morgan fingerprint density at radius 3 is 2.33 bits per heavy atom. The Hall–Kier alpha value is -2.08. The maximum atomic E-state index is 12.4. The number of aliphatic carboxylic acids is 1. The van der Waals surface area contributed by atoms with E-state index in [0.29, 0.717) is 12.8 Å². The number of benzene rings is 1. The van der Waals surface area contributed by atoms with Gasteiger partial charge in [-0.2, -0.15) is 0 Å². The lowest BCUT2D eigenvalue weighted by atomic mass is 9.65. The summed E-state index contributed by atoms with van der Waals surface area (Å²) >= 11 is 5.94. The molecule has 0 bridgehead atoms. The van der Waals surface area contributed by atoms with Crippen molar-refractivity contribution in [3.05, 3.63) is 34.9 Å². The Kier molecular flexibility index (Phi) is 4.90. The third-order valence-electron chi connectivity index (χ3n) is 5.43. The maximum absolute atomic E-state index is 12.4. The highest BCUT2D eigenvalue weighted by Gasteiger charge is 2.58. The number of carbonyl (C=O) groups excluding carboxylic acids is 2. The van der Waals surface area contributed by atoms with E-state index in [1.165, 1.54) is 0 Å². The van der Waals surface area contributed by atoms with Crippen LogP contribution in [0.3, 0.4) is 0 Å². The highest BCUT2D eigenvalue weighted by atomic mass is 35.5. The van der Waals surface area contributed by atoms with Gasteiger partial charge in [-0.05, 0) is 37.3 Å². The molecule has 1 aliphatic rings. The zero-order valence-electron chi connectivity index (χ0n) is 13.9. The van der Waals surface area contributed by atoms with Crippen LogP contribution < -0.4 is 10.9 Å². The molecule has 0 aliphatic heterocycles. The van der Waals surface area contributed by atoms with Crippen molar-refractivity contribution in [2.24, 2.45) is 16.7 Å². The highest BCUT2D eigenvalue weighted by molar-refractivity contribution is 6.33. The van der Waals surface area contributed by atoms with Crippen LogP contribution in [0.1, 0.15) is 44.0 Å². The molecule has 1 aromatic carbocycles. The molecular formula is C17H21ClN2O4. The molecule has 2 amide bonds. The predicted octanol–water partition coefficient (Wildman–Crippen LogP) is 2.63. The monoisotopic (exact) mass is 352 g/mol. The minimum Gasteiger partial charge on any atom is -0.481 e. The Morgan fingerprint density at radius 2 is 1.79 bits per heavy atom. The third-order valence-corrected chi connectivity index (χ3v) is 5.76. The maximum Gasteiger partial charge on any atom is 0.309 e. The Labute approximate surface area is 145 Å². The number of hydrogen-bond acceptors (Lipinski definition) is 3.